The molecule has 7 heteroatoms. The number of hydrogen-bond donors (Lipinski definition) is 2. The van der Waals surface area contributed by atoms with E-state index in [1.165, 1.54) is 24.3 Å². The summed E-state index contributed by atoms with van der Waals surface area (Å²) in [4.78, 5) is 10.5. The fraction of sp³-hybridized carbons (Fsp3) is 0.462. The van der Waals surface area contributed by atoms with Crippen molar-refractivity contribution in [1.29, 1.82) is 0 Å². The van der Waals surface area contributed by atoms with Gasteiger partial charge in [-0.05, 0) is 37.6 Å². The first-order chi connectivity index (χ1) is 9.35. The second kappa shape index (κ2) is 7.25. The summed E-state index contributed by atoms with van der Waals surface area (Å²) in [5.74, 6) is -0.773. The maximum Gasteiger partial charge on any atom is 0.341 e. The van der Waals surface area contributed by atoms with Gasteiger partial charge in [0, 0.05) is 6.04 Å². The van der Waals surface area contributed by atoms with Crippen LogP contribution in [0.4, 0.5) is 0 Å². The van der Waals surface area contributed by atoms with Crippen molar-refractivity contribution < 1.29 is 23.1 Å². The molecule has 0 aliphatic carbocycles. The Bertz CT molecular complexity index is 538. The summed E-state index contributed by atoms with van der Waals surface area (Å²) in [5, 5.41) is 8.48. The molecule has 1 rings (SSSR count). The van der Waals surface area contributed by atoms with Crippen molar-refractivity contribution in [3.8, 4) is 5.75 Å². The fourth-order valence-corrected chi connectivity index (χ4v) is 2.96. The zero-order chi connectivity index (χ0) is 15.2. The second-order valence-electron chi connectivity index (χ2n) is 4.46. The molecule has 0 spiro atoms. The molecular formula is C13H19NO5S. The van der Waals surface area contributed by atoms with Crippen molar-refractivity contribution in [2.75, 3.05) is 6.61 Å². The Morgan fingerprint density at radius 2 is 1.95 bits per heavy atom. The molecule has 20 heavy (non-hydrogen) atoms. The average molecular weight is 301 g/mol. The van der Waals surface area contributed by atoms with E-state index < -0.39 is 22.6 Å². The van der Waals surface area contributed by atoms with Crippen LogP contribution in [0.15, 0.2) is 29.2 Å². The van der Waals surface area contributed by atoms with Crippen molar-refractivity contribution in [3.63, 3.8) is 0 Å². The van der Waals surface area contributed by atoms with E-state index in [4.69, 9.17) is 9.84 Å². The number of carboxylic acid groups (broad SMARTS) is 1. The summed E-state index contributed by atoms with van der Waals surface area (Å²) in [6.07, 6.45) is 1.66. The lowest BCUT2D eigenvalue weighted by Gasteiger charge is -2.13. The number of sulfonamides is 1. The highest BCUT2D eigenvalue weighted by Gasteiger charge is 2.16. The predicted octanol–water partition coefficient (Wildman–Crippen LogP) is 1.62. The van der Waals surface area contributed by atoms with Crippen LogP contribution in [-0.2, 0) is 14.8 Å². The molecule has 2 N–H and O–H groups in total. The minimum atomic E-state index is -3.55. The van der Waals surface area contributed by atoms with Crippen LogP contribution >= 0.6 is 0 Å². The van der Waals surface area contributed by atoms with Gasteiger partial charge in [0.15, 0.2) is 6.61 Å². The molecule has 0 saturated heterocycles. The molecule has 0 aromatic heterocycles. The van der Waals surface area contributed by atoms with Gasteiger partial charge in [0.05, 0.1) is 4.90 Å². The smallest absolute Gasteiger partial charge is 0.341 e. The SMILES string of the molecule is CCCC(C)NS(=O)(=O)c1ccc(OCC(=O)O)cc1. The number of nitrogens with one attached hydrogen (secondary N) is 1. The van der Waals surface area contributed by atoms with Gasteiger partial charge in [0.1, 0.15) is 5.75 Å². The Kier molecular flexibility index (Phi) is 5.97. The molecule has 0 bridgehead atoms. The minimum Gasteiger partial charge on any atom is -0.482 e. The van der Waals surface area contributed by atoms with Gasteiger partial charge in [-0.1, -0.05) is 13.3 Å². The molecule has 1 aromatic rings. The first-order valence-corrected chi connectivity index (χ1v) is 7.80. The number of aliphatic carboxylic acids is 1. The Balaban J connectivity index is 2.74. The van der Waals surface area contributed by atoms with Crippen LogP contribution in [-0.4, -0.2) is 32.1 Å². The van der Waals surface area contributed by atoms with Crippen LogP contribution in [0, 0.1) is 0 Å². The number of carbonyl (C=O) groups is 1. The van der Waals surface area contributed by atoms with Crippen molar-refractivity contribution >= 4 is 16.0 Å². The maximum atomic E-state index is 12.0. The van der Waals surface area contributed by atoms with E-state index in [2.05, 4.69) is 4.72 Å². The Morgan fingerprint density at radius 3 is 2.45 bits per heavy atom. The quantitative estimate of drug-likeness (QED) is 0.761. The van der Waals surface area contributed by atoms with E-state index >= 15 is 0 Å². The van der Waals surface area contributed by atoms with Crippen LogP contribution in [0.5, 0.6) is 5.75 Å². The summed E-state index contributed by atoms with van der Waals surface area (Å²) < 4.78 is 31.6. The molecule has 1 aromatic carbocycles. The summed E-state index contributed by atoms with van der Waals surface area (Å²) in [7, 11) is -3.55. The molecule has 0 fully saturated rings. The van der Waals surface area contributed by atoms with Gasteiger partial charge in [-0.25, -0.2) is 17.9 Å². The number of carboxylic acids is 1. The molecular weight excluding hydrogens is 282 g/mol. The highest BCUT2D eigenvalue weighted by atomic mass is 32.2. The summed E-state index contributed by atoms with van der Waals surface area (Å²) in [6.45, 7) is 3.34. The Morgan fingerprint density at radius 1 is 1.35 bits per heavy atom. The first kappa shape index (κ1) is 16.5. The lowest BCUT2D eigenvalue weighted by atomic mass is 10.2. The van der Waals surface area contributed by atoms with Crippen LogP contribution in [0.25, 0.3) is 0 Å². The van der Waals surface area contributed by atoms with Gasteiger partial charge in [0.2, 0.25) is 10.0 Å². The van der Waals surface area contributed by atoms with Gasteiger partial charge in [-0.15, -0.1) is 0 Å². The van der Waals surface area contributed by atoms with Crippen molar-refractivity contribution in [2.45, 2.75) is 37.6 Å². The zero-order valence-corrected chi connectivity index (χ0v) is 12.3. The largest absolute Gasteiger partial charge is 0.482 e. The Hall–Kier alpha value is -1.60. The van der Waals surface area contributed by atoms with E-state index in [-0.39, 0.29) is 10.9 Å². The number of rotatable bonds is 8. The number of benzene rings is 1. The molecule has 1 atom stereocenters. The molecule has 0 saturated carbocycles. The van der Waals surface area contributed by atoms with E-state index in [0.717, 1.165) is 12.8 Å². The van der Waals surface area contributed by atoms with Gasteiger partial charge in [-0.3, -0.25) is 0 Å². The zero-order valence-electron chi connectivity index (χ0n) is 11.5. The molecule has 1 unspecified atom stereocenters. The summed E-state index contributed by atoms with van der Waals surface area (Å²) in [6, 6.07) is 5.51. The van der Waals surface area contributed by atoms with Crippen molar-refractivity contribution in [1.82, 2.24) is 4.72 Å². The van der Waals surface area contributed by atoms with Crippen LogP contribution in [0.3, 0.4) is 0 Å². The predicted molar refractivity (Wildman–Crippen MR) is 74.3 cm³/mol. The highest BCUT2D eigenvalue weighted by molar-refractivity contribution is 7.89. The average Bonchev–Trinajstić information content (AvgIpc) is 2.36. The Labute approximate surface area is 118 Å². The van der Waals surface area contributed by atoms with Crippen LogP contribution in [0.2, 0.25) is 0 Å². The van der Waals surface area contributed by atoms with E-state index in [1.54, 1.807) is 0 Å². The lowest BCUT2D eigenvalue weighted by molar-refractivity contribution is -0.139. The molecule has 112 valence electrons. The summed E-state index contributed by atoms with van der Waals surface area (Å²) >= 11 is 0. The maximum absolute atomic E-state index is 12.0. The van der Waals surface area contributed by atoms with E-state index in [0.29, 0.717) is 5.75 Å². The molecule has 0 amide bonds. The third-order valence-corrected chi connectivity index (χ3v) is 4.18. The minimum absolute atomic E-state index is 0.128. The van der Waals surface area contributed by atoms with Gasteiger partial charge >= 0.3 is 5.97 Å². The lowest BCUT2D eigenvalue weighted by Crippen LogP contribution is -2.32. The third-order valence-electron chi connectivity index (χ3n) is 2.57. The molecule has 6 nitrogen and oxygen atoms in total. The van der Waals surface area contributed by atoms with Gasteiger partial charge in [-0.2, -0.15) is 0 Å². The van der Waals surface area contributed by atoms with Crippen molar-refractivity contribution in [2.24, 2.45) is 0 Å². The van der Waals surface area contributed by atoms with Gasteiger partial charge in [0.25, 0.3) is 0 Å². The highest BCUT2D eigenvalue weighted by Crippen LogP contribution is 2.16. The van der Waals surface area contributed by atoms with Crippen LogP contribution < -0.4 is 9.46 Å². The fourth-order valence-electron chi connectivity index (χ4n) is 1.68. The standard InChI is InChI=1S/C13H19NO5S/c1-3-4-10(2)14-20(17,18)12-7-5-11(6-8-12)19-9-13(15)16/h5-8,10,14H,3-4,9H2,1-2H3,(H,15,16). The molecule has 0 aliphatic heterocycles. The number of ether oxygens (including phenoxy) is 1. The molecule has 0 aliphatic rings. The van der Waals surface area contributed by atoms with E-state index in [1.807, 2.05) is 13.8 Å². The first-order valence-electron chi connectivity index (χ1n) is 6.32. The van der Waals surface area contributed by atoms with Crippen LogP contribution in [0.1, 0.15) is 26.7 Å². The second-order valence-corrected chi connectivity index (χ2v) is 6.18. The van der Waals surface area contributed by atoms with Gasteiger partial charge < -0.3 is 9.84 Å². The number of hydrogen-bond acceptors (Lipinski definition) is 4. The summed E-state index contributed by atoms with van der Waals surface area (Å²) in [5.41, 5.74) is 0. The molecule has 0 heterocycles. The topological polar surface area (TPSA) is 92.7 Å². The monoisotopic (exact) mass is 301 g/mol. The third kappa shape index (κ3) is 5.18. The van der Waals surface area contributed by atoms with E-state index in [9.17, 15) is 13.2 Å². The normalized spacial score (nSPS) is 12.9. The molecule has 0 radical (unpaired) electrons. The van der Waals surface area contributed by atoms with Crippen molar-refractivity contribution in [3.05, 3.63) is 24.3 Å².